The molecule has 5 aliphatic heterocycles. The molecule has 2 aromatic carbocycles. The van der Waals surface area contributed by atoms with E-state index < -0.39 is 23.8 Å². The normalized spacial score (nSPS) is 22.3. The summed E-state index contributed by atoms with van der Waals surface area (Å²) in [7, 11) is 1.77. The molecule has 5 N–H and O–H groups in total. The van der Waals surface area contributed by atoms with Gasteiger partial charge >= 0.3 is 0 Å². The number of fused-ring (bicyclic) bond motifs is 1. The number of nitrogens with two attached hydrogens (primary N) is 2. The summed E-state index contributed by atoms with van der Waals surface area (Å²) in [5, 5.41) is 2.25. The zero-order chi connectivity index (χ0) is 36.8. The summed E-state index contributed by atoms with van der Waals surface area (Å²) in [6, 6.07) is 14.6. The number of likely N-dealkylation sites (tertiary alicyclic amines) is 1. The highest BCUT2D eigenvalue weighted by Crippen LogP contribution is 2.33. The average molecular weight is 719 g/mol. The number of rotatable bonds is 8. The Bertz CT molecular complexity index is 1980. The van der Waals surface area contributed by atoms with Crippen LogP contribution in [0.3, 0.4) is 0 Å². The van der Waals surface area contributed by atoms with E-state index in [2.05, 4.69) is 36.0 Å². The quantitative estimate of drug-likeness (QED) is 0.176. The molecule has 0 aliphatic carbocycles. The van der Waals surface area contributed by atoms with Gasteiger partial charge in [0.15, 0.2) is 0 Å². The number of hydrogen-bond donors (Lipinski definition) is 3. The van der Waals surface area contributed by atoms with Gasteiger partial charge < -0.3 is 21.3 Å². The molecule has 1 aromatic heterocycles. The Hall–Kier alpha value is -5.34. The second kappa shape index (κ2) is 14.2. The van der Waals surface area contributed by atoms with Gasteiger partial charge in [0.05, 0.1) is 16.8 Å². The number of nitrogens with zero attached hydrogens (tertiary/aromatic N) is 7. The molecule has 4 amide bonds. The second-order valence-electron chi connectivity index (χ2n) is 14.8. The molecule has 14 nitrogen and oxygen atoms in total. The van der Waals surface area contributed by atoms with Crippen LogP contribution in [0.2, 0.25) is 0 Å². The summed E-state index contributed by atoms with van der Waals surface area (Å²) >= 11 is 0. The Morgan fingerprint density at radius 2 is 1.60 bits per heavy atom. The van der Waals surface area contributed by atoms with E-state index in [0.717, 1.165) is 105 Å². The number of aliphatic imine (C=N–C) groups is 1. The Kier molecular flexibility index (Phi) is 9.33. The summed E-state index contributed by atoms with van der Waals surface area (Å²) in [4.78, 5) is 70.5. The molecule has 0 spiro atoms. The SMILES string of the molecule is C/N=C(/c1ccnc(N2CCN(C3CN(CC4CCN(c5ccc6c(c5)C(=O)N(C5CCC(=O)NC5=O)C6=O)CC4)C3)CC2)c1)c1cc(N)ccc1N. The Balaban J connectivity index is 0.793. The minimum absolute atomic E-state index is 0.105. The van der Waals surface area contributed by atoms with Gasteiger partial charge in [-0.15, -0.1) is 0 Å². The fraction of sp³-hybridized carbons (Fsp3) is 0.436. The maximum absolute atomic E-state index is 13.3. The van der Waals surface area contributed by atoms with Gasteiger partial charge in [-0.3, -0.25) is 44.2 Å². The van der Waals surface area contributed by atoms with Crippen molar-refractivity contribution in [2.75, 3.05) is 87.2 Å². The van der Waals surface area contributed by atoms with E-state index in [1.165, 1.54) is 0 Å². The van der Waals surface area contributed by atoms with Crippen molar-refractivity contribution in [2.24, 2.45) is 10.9 Å². The van der Waals surface area contributed by atoms with Crippen LogP contribution < -0.4 is 26.6 Å². The number of anilines is 4. The molecule has 276 valence electrons. The standard InChI is InChI=1S/C39H46N10O4/c1-42-36(31-19-26(40)2-5-32(31)41)25-8-11-43-34(18-25)48-16-14-47(15-17-48)28-22-45(23-28)21-24-9-12-46(13-10-24)27-3-4-29-30(20-27)39(53)49(38(29)52)33-6-7-35(50)44-37(33)51/h2-5,8,11,18-20,24,28,33H,6-7,9-10,12-17,21-23,40-41H2,1H3,(H,44,50,51)/b42-36-. The molecule has 4 fully saturated rings. The number of aromatic nitrogens is 1. The van der Waals surface area contributed by atoms with Crippen molar-refractivity contribution in [3.05, 3.63) is 77.0 Å². The second-order valence-corrected chi connectivity index (χ2v) is 14.8. The van der Waals surface area contributed by atoms with Crippen LogP contribution in [0.5, 0.6) is 0 Å². The van der Waals surface area contributed by atoms with E-state index in [1.807, 2.05) is 30.5 Å². The van der Waals surface area contributed by atoms with Crippen LogP contribution >= 0.6 is 0 Å². The summed E-state index contributed by atoms with van der Waals surface area (Å²) in [6.07, 6.45) is 4.22. The summed E-state index contributed by atoms with van der Waals surface area (Å²) in [5.74, 6) is -0.354. The molecule has 14 heteroatoms. The number of piperidine rings is 2. The number of nitrogen functional groups attached to an aromatic ring is 2. The van der Waals surface area contributed by atoms with Gasteiger partial charge in [0.2, 0.25) is 11.8 Å². The topological polar surface area (TPSA) is 174 Å². The van der Waals surface area contributed by atoms with Crippen molar-refractivity contribution in [2.45, 2.75) is 37.8 Å². The van der Waals surface area contributed by atoms with E-state index >= 15 is 0 Å². The van der Waals surface area contributed by atoms with Crippen molar-refractivity contribution < 1.29 is 19.2 Å². The smallest absolute Gasteiger partial charge is 0.262 e. The highest BCUT2D eigenvalue weighted by Gasteiger charge is 2.45. The fourth-order valence-corrected chi connectivity index (χ4v) is 8.56. The van der Waals surface area contributed by atoms with Crippen molar-refractivity contribution in [1.82, 2.24) is 25.0 Å². The van der Waals surface area contributed by atoms with Crippen LogP contribution in [0, 0.1) is 5.92 Å². The number of benzene rings is 2. The average Bonchev–Trinajstić information content (AvgIpc) is 3.40. The van der Waals surface area contributed by atoms with Gasteiger partial charge in [0, 0.05) is 113 Å². The third-order valence-electron chi connectivity index (χ3n) is 11.6. The monoisotopic (exact) mass is 718 g/mol. The van der Waals surface area contributed by atoms with Gasteiger partial charge in [-0.2, -0.15) is 0 Å². The number of hydrogen-bond acceptors (Lipinski definition) is 12. The Morgan fingerprint density at radius 3 is 2.34 bits per heavy atom. The molecule has 1 atom stereocenters. The molecule has 0 radical (unpaired) electrons. The Labute approximate surface area is 308 Å². The van der Waals surface area contributed by atoms with E-state index in [4.69, 9.17) is 16.5 Å². The van der Waals surface area contributed by atoms with Gasteiger partial charge in [0.1, 0.15) is 11.9 Å². The van der Waals surface area contributed by atoms with Crippen molar-refractivity contribution >= 4 is 52.2 Å². The fourth-order valence-electron chi connectivity index (χ4n) is 8.56. The number of nitrogens with one attached hydrogen (secondary N) is 1. The van der Waals surface area contributed by atoms with Crippen LogP contribution in [0.1, 0.15) is 57.5 Å². The van der Waals surface area contributed by atoms with Gasteiger partial charge in [-0.25, -0.2) is 4.98 Å². The first-order valence-corrected chi connectivity index (χ1v) is 18.6. The summed E-state index contributed by atoms with van der Waals surface area (Å²) < 4.78 is 0. The van der Waals surface area contributed by atoms with E-state index in [0.29, 0.717) is 34.5 Å². The number of carbonyl (C=O) groups is 4. The minimum atomic E-state index is -0.956. The molecule has 53 heavy (non-hydrogen) atoms. The number of piperazine rings is 1. The lowest BCUT2D eigenvalue weighted by Crippen LogP contribution is -2.63. The number of amides is 4. The predicted octanol–water partition coefficient (Wildman–Crippen LogP) is 1.84. The molecule has 6 heterocycles. The van der Waals surface area contributed by atoms with Crippen molar-refractivity contribution in [3.8, 4) is 0 Å². The first-order chi connectivity index (χ1) is 25.7. The lowest BCUT2D eigenvalue weighted by molar-refractivity contribution is -0.136. The molecule has 8 rings (SSSR count). The van der Waals surface area contributed by atoms with Gasteiger partial charge in [-0.1, -0.05) is 0 Å². The minimum Gasteiger partial charge on any atom is -0.399 e. The van der Waals surface area contributed by atoms with Crippen LogP contribution in [0.25, 0.3) is 0 Å². The van der Waals surface area contributed by atoms with E-state index in [1.54, 1.807) is 25.2 Å². The van der Waals surface area contributed by atoms with Crippen LogP contribution in [-0.4, -0.2) is 127 Å². The van der Waals surface area contributed by atoms with E-state index in [-0.39, 0.29) is 18.7 Å². The summed E-state index contributed by atoms with van der Waals surface area (Å²) in [5.41, 5.74) is 17.8. The first-order valence-electron chi connectivity index (χ1n) is 18.6. The number of carbonyl (C=O) groups excluding carboxylic acids is 4. The molecule has 0 saturated carbocycles. The highest BCUT2D eigenvalue weighted by atomic mass is 16.2. The van der Waals surface area contributed by atoms with Gasteiger partial charge in [0.25, 0.3) is 11.8 Å². The third kappa shape index (κ3) is 6.72. The van der Waals surface area contributed by atoms with E-state index in [9.17, 15) is 19.2 Å². The third-order valence-corrected chi connectivity index (χ3v) is 11.6. The number of pyridine rings is 1. The highest BCUT2D eigenvalue weighted by molar-refractivity contribution is 6.23. The lowest BCUT2D eigenvalue weighted by atomic mass is 9.93. The molecule has 0 bridgehead atoms. The van der Waals surface area contributed by atoms with Crippen molar-refractivity contribution in [1.29, 1.82) is 0 Å². The lowest BCUT2D eigenvalue weighted by Gasteiger charge is -2.49. The summed E-state index contributed by atoms with van der Waals surface area (Å²) in [6.45, 7) is 8.89. The van der Waals surface area contributed by atoms with Crippen LogP contribution in [0.15, 0.2) is 59.7 Å². The molecular weight excluding hydrogens is 672 g/mol. The zero-order valence-corrected chi connectivity index (χ0v) is 30.0. The first kappa shape index (κ1) is 34.7. The van der Waals surface area contributed by atoms with Crippen LogP contribution in [0.4, 0.5) is 22.9 Å². The van der Waals surface area contributed by atoms with Gasteiger partial charge in [-0.05, 0) is 73.7 Å². The molecule has 4 saturated heterocycles. The molecule has 5 aliphatic rings. The molecule has 3 aromatic rings. The maximum Gasteiger partial charge on any atom is 0.262 e. The number of imide groups is 2. The zero-order valence-electron chi connectivity index (χ0n) is 30.0. The maximum atomic E-state index is 13.3. The van der Waals surface area contributed by atoms with Crippen LogP contribution in [-0.2, 0) is 9.59 Å². The molecule has 1 unspecified atom stereocenters. The largest absolute Gasteiger partial charge is 0.399 e. The van der Waals surface area contributed by atoms with Crippen molar-refractivity contribution in [3.63, 3.8) is 0 Å². The Morgan fingerprint density at radius 1 is 0.849 bits per heavy atom. The predicted molar refractivity (Wildman–Crippen MR) is 203 cm³/mol. The molecular formula is C39H46N10O4.